The molecule has 2 rings (SSSR count). The van der Waals surface area contributed by atoms with Crippen molar-refractivity contribution in [2.24, 2.45) is 5.73 Å². The normalized spacial score (nSPS) is 17.5. The van der Waals surface area contributed by atoms with E-state index in [0.717, 1.165) is 30.9 Å². The number of aliphatic hydroxyl groups excluding tert-OH is 1. The summed E-state index contributed by atoms with van der Waals surface area (Å²) in [5.74, 6) is 1.11. The van der Waals surface area contributed by atoms with Gasteiger partial charge in [-0.15, -0.1) is 0 Å². The number of aryl methyl sites for hydroxylation is 1. The van der Waals surface area contributed by atoms with Crippen molar-refractivity contribution in [1.82, 2.24) is 9.55 Å². The molecular weight excluding hydrogens is 190 g/mol. The van der Waals surface area contributed by atoms with Gasteiger partial charge in [0.1, 0.15) is 5.82 Å². The van der Waals surface area contributed by atoms with Gasteiger partial charge >= 0.3 is 0 Å². The van der Waals surface area contributed by atoms with Crippen LogP contribution in [0.15, 0.2) is 0 Å². The number of nitrogens with zero attached hydrogens (tertiary/aromatic N) is 2. The maximum absolute atomic E-state index is 9.10. The monoisotopic (exact) mass is 209 g/mol. The van der Waals surface area contributed by atoms with Gasteiger partial charge < -0.3 is 15.4 Å². The fourth-order valence-electron chi connectivity index (χ4n) is 2.30. The average molecular weight is 209 g/mol. The van der Waals surface area contributed by atoms with Gasteiger partial charge in [0.2, 0.25) is 0 Å². The summed E-state index contributed by atoms with van der Waals surface area (Å²) in [6.07, 6.45) is 4.42. The van der Waals surface area contributed by atoms with Crippen molar-refractivity contribution < 1.29 is 5.11 Å². The van der Waals surface area contributed by atoms with E-state index in [-0.39, 0.29) is 12.6 Å². The summed E-state index contributed by atoms with van der Waals surface area (Å²) in [5, 5.41) is 9.10. The Morgan fingerprint density at radius 2 is 2.33 bits per heavy atom. The second-order valence-electron chi connectivity index (χ2n) is 4.11. The van der Waals surface area contributed by atoms with Crippen LogP contribution < -0.4 is 5.73 Å². The second-order valence-corrected chi connectivity index (χ2v) is 4.11. The van der Waals surface area contributed by atoms with Gasteiger partial charge in [0.05, 0.1) is 18.3 Å². The quantitative estimate of drug-likeness (QED) is 0.773. The van der Waals surface area contributed by atoms with Gasteiger partial charge in [-0.1, -0.05) is 6.92 Å². The number of aromatic nitrogens is 2. The molecule has 2 heterocycles. The zero-order chi connectivity index (χ0) is 10.8. The maximum atomic E-state index is 9.10. The van der Waals surface area contributed by atoms with Crippen molar-refractivity contribution in [3.8, 4) is 0 Å². The molecule has 0 bridgehead atoms. The molecule has 4 heteroatoms. The summed E-state index contributed by atoms with van der Waals surface area (Å²) in [6.45, 7) is 3.15. The van der Waals surface area contributed by atoms with Crippen molar-refractivity contribution in [3.63, 3.8) is 0 Å². The number of hydrogen-bond acceptors (Lipinski definition) is 3. The van der Waals surface area contributed by atoms with Crippen molar-refractivity contribution in [2.45, 2.75) is 45.2 Å². The van der Waals surface area contributed by atoms with Crippen LogP contribution in [-0.2, 0) is 19.4 Å². The minimum absolute atomic E-state index is 0.0207. The van der Waals surface area contributed by atoms with Gasteiger partial charge in [0, 0.05) is 18.7 Å². The van der Waals surface area contributed by atoms with Gasteiger partial charge in [0.25, 0.3) is 0 Å². The highest BCUT2D eigenvalue weighted by Gasteiger charge is 2.22. The molecule has 84 valence electrons. The number of imidazole rings is 1. The molecule has 1 unspecified atom stereocenters. The van der Waals surface area contributed by atoms with Crippen LogP contribution in [-0.4, -0.2) is 21.3 Å². The molecule has 0 saturated heterocycles. The fourth-order valence-corrected chi connectivity index (χ4v) is 2.30. The predicted molar refractivity (Wildman–Crippen MR) is 58.6 cm³/mol. The highest BCUT2D eigenvalue weighted by molar-refractivity contribution is 5.22. The SMILES string of the molecule is CCc1nc(C(N)CO)c2n1CCCC2. The Hall–Kier alpha value is -0.870. The van der Waals surface area contributed by atoms with E-state index in [2.05, 4.69) is 16.5 Å². The Balaban J connectivity index is 2.42. The topological polar surface area (TPSA) is 64.1 Å². The maximum Gasteiger partial charge on any atom is 0.108 e. The molecule has 1 atom stereocenters. The molecule has 1 aliphatic heterocycles. The van der Waals surface area contributed by atoms with Crippen LogP contribution in [0.25, 0.3) is 0 Å². The lowest BCUT2D eigenvalue weighted by molar-refractivity contribution is 0.265. The number of aliphatic hydroxyl groups is 1. The molecule has 1 aromatic rings. The zero-order valence-corrected chi connectivity index (χ0v) is 9.24. The minimum atomic E-state index is -0.315. The Morgan fingerprint density at radius 1 is 1.53 bits per heavy atom. The van der Waals surface area contributed by atoms with Crippen LogP contribution in [0, 0.1) is 0 Å². The van der Waals surface area contributed by atoms with E-state index >= 15 is 0 Å². The predicted octanol–water partition coefficient (Wildman–Crippen LogP) is 0.774. The Labute approximate surface area is 90.1 Å². The van der Waals surface area contributed by atoms with E-state index in [0.29, 0.717) is 0 Å². The third kappa shape index (κ3) is 1.79. The Kier molecular flexibility index (Phi) is 3.07. The summed E-state index contributed by atoms with van der Waals surface area (Å²) < 4.78 is 2.29. The molecule has 0 fully saturated rings. The Morgan fingerprint density at radius 3 is 3.00 bits per heavy atom. The van der Waals surface area contributed by atoms with Crippen molar-refractivity contribution in [2.75, 3.05) is 6.61 Å². The number of nitrogens with two attached hydrogens (primary N) is 1. The van der Waals surface area contributed by atoms with Crippen LogP contribution in [0.3, 0.4) is 0 Å². The lowest BCUT2D eigenvalue weighted by Gasteiger charge is -2.18. The van der Waals surface area contributed by atoms with Crippen LogP contribution in [0.2, 0.25) is 0 Å². The summed E-state index contributed by atoms with van der Waals surface area (Å²) in [4.78, 5) is 4.56. The summed E-state index contributed by atoms with van der Waals surface area (Å²) in [7, 11) is 0. The molecule has 0 spiro atoms. The molecule has 0 saturated carbocycles. The second kappa shape index (κ2) is 4.33. The molecule has 4 nitrogen and oxygen atoms in total. The van der Waals surface area contributed by atoms with E-state index in [1.54, 1.807) is 0 Å². The van der Waals surface area contributed by atoms with Crippen LogP contribution in [0.1, 0.15) is 43.0 Å². The zero-order valence-electron chi connectivity index (χ0n) is 9.24. The number of rotatable bonds is 3. The van der Waals surface area contributed by atoms with Gasteiger partial charge in [-0.3, -0.25) is 0 Å². The summed E-state index contributed by atoms with van der Waals surface area (Å²) in [6, 6.07) is -0.315. The molecule has 0 aromatic carbocycles. The average Bonchev–Trinajstić information content (AvgIpc) is 2.67. The van der Waals surface area contributed by atoms with Gasteiger partial charge in [-0.05, 0) is 19.3 Å². The van der Waals surface area contributed by atoms with Crippen LogP contribution >= 0.6 is 0 Å². The standard InChI is InChI=1S/C11H19N3O/c1-2-10-13-11(8(12)7-15)9-5-3-4-6-14(9)10/h8,15H,2-7,12H2,1H3. The number of hydrogen-bond donors (Lipinski definition) is 2. The van der Waals surface area contributed by atoms with Crippen molar-refractivity contribution in [3.05, 3.63) is 17.2 Å². The lowest BCUT2D eigenvalue weighted by Crippen LogP contribution is -2.19. The molecule has 1 aromatic heterocycles. The molecule has 0 radical (unpaired) electrons. The van der Waals surface area contributed by atoms with E-state index in [4.69, 9.17) is 10.8 Å². The van der Waals surface area contributed by atoms with Crippen molar-refractivity contribution >= 4 is 0 Å². The molecule has 0 amide bonds. The van der Waals surface area contributed by atoms with Gasteiger partial charge in [-0.25, -0.2) is 4.98 Å². The van der Waals surface area contributed by atoms with Gasteiger partial charge in [0.15, 0.2) is 0 Å². The molecule has 0 aliphatic carbocycles. The first-order valence-electron chi connectivity index (χ1n) is 5.72. The Bertz CT molecular complexity index is 346. The molecular formula is C11H19N3O. The van der Waals surface area contributed by atoms with Crippen molar-refractivity contribution in [1.29, 1.82) is 0 Å². The van der Waals surface area contributed by atoms with Crippen LogP contribution in [0.4, 0.5) is 0 Å². The van der Waals surface area contributed by atoms with E-state index in [9.17, 15) is 0 Å². The van der Waals surface area contributed by atoms with E-state index in [1.165, 1.54) is 18.5 Å². The van der Waals surface area contributed by atoms with Crippen LogP contribution in [0.5, 0.6) is 0 Å². The molecule has 15 heavy (non-hydrogen) atoms. The third-order valence-corrected chi connectivity index (χ3v) is 3.09. The largest absolute Gasteiger partial charge is 0.394 e. The minimum Gasteiger partial charge on any atom is -0.394 e. The molecule has 3 N–H and O–H groups in total. The summed E-state index contributed by atoms with van der Waals surface area (Å²) in [5.41, 5.74) is 8.02. The smallest absolute Gasteiger partial charge is 0.108 e. The first-order valence-corrected chi connectivity index (χ1v) is 5.72. The fraction of sp³-hybridized carbons (Fsp3) is 0.727. The van der Waals surface area contributed by atoms with E-state index < -0.39 is 0 Å². The highest BCUT2D eigenvalue weighted by atomic mass is 16.3. The number of fused-ring (bicyclic) bond motifs is 1. The van der Waals surface area contributed by atoms with Gasteiger partial charge in [-0.2, -0.15) is 0 Å². The first kappa shape index (κ1) is 10.6. The summed E-state index contributed by atoms with van der Waals surface area (Å²) >= 11 is 0. The highest BCUT2D eigenvalue weighted by Crippen LogP contribution is 2.24. The first-order chi connectivity index (χ1) is 7.27. The lowest BCUT2D eigenvalue weighted by atomic mass is 10.1. The molecule has 1 aliphatic rings. The third-order valence-electron chi connectivity index (χ3n) is 3.09. The van der Waals surface area contributed by atoms with E-state index in [1.807, 2.05) is 0 Å².